The summed E-state index contributed by atoms with van der Waals surface area (Å²) in [6.07, 6.45) is 0.00923. The van der Waals surface area contributed by atoms with Crippen LogP contribution in [0.15, 0.2) is 23.4 Å². The quantitative estimate of drug-likeness (QED) is 0.230. The highest BCUT2D eigenvalue weighted by Crippen LogP contribution is 2.39. The molecule has 9 atom stereocenters. The van der Waals surface area contributed by atoms with Crippen LogP contribution >= 0.6 is 11.8 Å². The summed E-state index contributed by atoms with van der Waals surface area (Å²) in [5.74, 6) is -0.886. The van der Waals surface area contributed by atoms with E-state index in [-0.39, 0.29) is 56.1 Å². The second-order valence-corrected chi connectivity index (χ2v) is 10.9. The van der Waals surface area contributed by atoms with E-state index in [2.05, 4.69) is 17.2 Å². The van der Waals surface area contributed by atoms with E-state index in [0.29, 0.717) is 23.6 Å². The van der Waals surface area contributed by atoms with Crippen LogP contribution in [0.1, 0.15) is 26.7 Å². The molecule has 3 fully saturated rings. The fourth-order valence-corrected chi connectivity index (χ4v) is 5.64. The van der Waals surface area contributed by atoms with Crippen LogP contribution in [0.25, 0.3) is 0 Å². The van der Waals surface area contributed by atoms with E-state index in [1.54, 1.807) is 6.20 Å². The lowest BCUT2D eigenvalue weighted by Gasteiger charge is -2.40. The van der Waals surface area contributed by atoms with E-state index >= 15 is 0 Å². The number of aliphatic hydroxyl groups is 3. The molecule has 0 bridgehead atoms. The van der Waals surface area contributed by atoms with Crippen LogP contribution in [0.4, 0.5) is 0 Å². The number of ether oxygens (including phenoxy) is 3. The molecule has 0 radical (unpaired) electrons. The Kier molecular flexibility index (Phi) is 9.04. The first-order valence-corrected chi connectivity index (χ1v) is 13.8. The molecule has 208 valence electrons. The van der Waals surface area contributed by atoms with Gasteiger partial charge < -0.3 is 45.1 Å². The molecule has 3 saturated heterocycles. The van der Waals surface area contributed by atoms with Gasteiger partial charge in [-0.15, -0.1) is 0 Å². The molecule has 13 heteroatoms. The highest BCUT2D eigenvalue weighted by atomic mass is 32.2. The molecule has 0 spiro atoms. The largest absolute Gasteiger partial charge is 0.482 e. The molecule has 0 aromatic rings. The number of rotatable bonds is 9. The number of nitrogens with zero attached hydrogens (tertiary/aromatic N) is 2. The lowest BCUT2D eigenvalue weighted by Crippen LogP contribution is -2.56. The van der Waals surface area contributed by atoms with E-state index in [9.17, 15) is 24.9 Å². The predicted octanol–water partition coefficient (Wildman–Crippen LogP) is -0.915. The Morgan fingerprint density at radius 2 is 1.97 bits per heavy atom. The Labute approximate surface area is 221 Å². The van der Waals surface area contributed by atoms with Gasteiger partial charge in [-0.3, -0.25) is 14.5 Å². The lowest BCUT2D eigenvalue weighted by atomic mass is 9.90. The van der Waals surface area contributed by atoms with Crippen molar-refractivity contribution in [2.75, 3.05) is 32.7 Å². The maximum atomic E-state index is 13.1. The summed E-state index contributed by atoms with van der Waals surface area (Å²) in [6.45, 7) is 7.76. The molecular formula is C24H38N4O8S. The van der Waals surface area contributed by atoms with Crippen LogP contribution in [0.2, 0.25) is 0 Å². The number of thioether (sulfide) groups is 1. The van der Waals surface area contributed by atoms with Crippen molar-refractivity contribution in [3.8, 4) is 0 Å². The standard InChI is InChI=1S/C24H38N4O8S/c1-12-7-27(11-25-22(12)32)24-16(21(19(10-30)36-24)34-14(3)37-4)5-15-8-28(13(2)26-23(15)33)20-6-17(31)18(9-29)35-20/h8,12-13,16-21,24,29-31H,3,5-7,9-11H2,1-2,4H3,(H,25,32)(H,26,33). The number of carbonyl (C=O) groups is 2. The molecule has 0 saturated carbocycles. The highest BCUT2D eigenvalue weighted by molar-refractivity contribution is 8.02. The minimum Gasteiger partial charge on any atom is -0.482 e. The maximum Gasteiger partial charge on any atom is 0.250 e. The third-order valence-corrected chi connectivity index (χ3v) is 8.02. The van der Waals surface area contributed by atoms with Crippen LogP contribution in [0.3, 0.4) is 0 Å². The van der Waals surface area contributed by atoms with Crippen molar-refractivity contribution in [3.05, 3.63) is 23.4 Å². The molecule has 4 rings (SSSR count). The molecule has 2 amide bonds. The van der Waals surface area contributed by atoms with Gasteiger partial charge in [0.05, 0.1) is 26.0 Å². The lowest BCUT2D eigenvalue weighted by molar-refractivity contribution is -0.138. The van der Waals surface area contributed by atoms with Crippen molar-refractivity contribution < 1.29 is 39.1 Å². The number of amides is 2. The van der Waals surface area contributed by atoms with Gasteiger partial charge in [-0.25, -0.2) is 0 Å². The van der Waals surface area contributed by atoms with E-state index in [1.165, 1.54) is 11.8 Å². The SMILES string of the molecule is C=C(OC1C(CO)OC(N2CNC(=O)C(C)C2)C1CC1=CN(C2CC(O)C(CO)O2)C(C)NC1=O)SC. The van der Waals surface area contributed by atoms with Gasteiger partial charge in [0.2, 0.25) is 11.8 Å². The number of hydrogen-bond donors (Lipinski definition) is 5. The molecule has 0 aromatic heterocycles. The summed E-state index contributed by atoms with van der Waals surface area (Å²) in [5, 5.41) is 36.1. The number of aliphatic hydroxyl groups excluding tert-OH is 3. The Balaban J connectivity index is 1.61. The van der Waals surface area contributed by atoms with E-state index in [4.69, 9.17) is 14.2 Å². The summed E-state index contributed by atoms with van der Waals surface area (Å²) < 4.78 is 18.2. The molecule has 0 aliphatic carbocycles. The van der Waals surface area contributed by atoms with Crippen LogP contribution in [-0.4, -0.2) is 113 Å². The molecule has 12 nitrogen and oxygen atoms in total. The summed E-state index contributed by atoms with van der Waals surface area (Å²) in [7, 11) is 0. The van der Waals surface area contributed by atoms with Crippen molar-refractivity contribution in [2.24, 2.45) is 11.8 Å². The van der Waals surface area contributed by atoms with Crippen LogP contribution in [0.5, 0.6) is 0 Å². The highest BCUT2D eigenvalue weighted by Gasteiger charge is 2.50. The van der Waals surface area contributed by atoms with Crippen molar-refractivity contribution in [1.82, 2.24) is 20.4 Å². The Hall–Kier alpha value is -1.87. The van der Waals surface area contributed by atoms with E-state index in [0.717, 1.165) is 0 Å². The van der Waals surface area contributed by atoms with Crippen molar-refractivity contribution in [3.63, 3.8) is 0 Å². The molecular weight excluding hydrogens is 504 g/mol. The molecule has 0 aromatic carbocycles. The summed E-state index contributed by atoms with van der Waals surface area (Å²) >= 11 is 1.34. The zero-order chi connectivity index (χ0) is 26.9. The smallest absolute Gasteiger partial charge is 0.250 e. The monoisotopic (exact) mass is 542 g/mol. The van der Waals surface area contributed by atoms with Gasteiger partial charge in [0.1, 0.15) is 42.0 Å². The Morgan fingerprint density at radius 1 is 1.24 bits per heavy atom. The van der Waals surface area contributed by atoms with Gasteiger partial charge in [0.25, 0.3) is 0 Å². The van der Waals surface area contributed by atoms with Crippen molar-refractivity contribution in [2.45, 2.75) is 69.7 Å². The van der Waals surface area contributed by atoms with E-state index in [1.807, 2.05) is 29.9 Å². The van der Waals surface area contributed by atoms with Crippen LogP contribution < -0.4 is 10.6 Å². The van der Waals surface area contributed by atoms with E-state index < -0.39 is 36.9 Å². The summed E-state index contributed by atoms with van der Waals surface area (Å²) in [5.41, 5.74) is 0.471. The maximum absolute atomic E-state index is 13.1. The molecule has 37 heavy (non-hydrogen) atoms. The minimum atomic E-state index is -0.804. The molecule has 4 heterocycles. The predicted molar refractivity (Wildman–Crippen MR) is 134 cm³/mol. The van der Waals surface area contributed by atoms with Gasteiger partial charge in [0, 0.05) is 36.6 Å². The van der Waals surface area contributed by atoms with Gasteiger partial charge in [-0.05, 0) is 26.2 Å². The molecule has 5 N–H and O–H groups in total. The molecule has 4 aliphatic rings. The van der Waals surface area contributed by atoms with Crippen molar-refractivity contribution in [1.29, 1.82) is 0 Å². The fourth-order valence-electron chi connectivity index (χ4n) is 5.43. The zero-order valence-corrected chi connectivity index (χ0v) is 22.2. The normalized spacial score (nSPS) is 38.8. The third kappa shape index (κ3) is 5.92. The average Bonchev–Trinajstić information content (AvgIpc) is 3.41. The number of hydrogen-bond acceptors (Lipinski definition) is 11. The molecule has 4 aliphatic heterocycles. The fraction of sp³-hybridized carbons (Fsp3) is 0.750. The topological polar surface area (TPSA) is 153 Å². The second kappa shape index (κ2) is 11.9. The first kappa shape index (κ1) is 28.1. The first-order valence-electron chi connectivity index (χ1n) is 12.6. The van der Waals surface area contributed by atoms with Crippen LogP contribution in [-0.2, 0) is 23.8 Å². The van der Waals surface area contributed by atoms with Gasteiger partial charge in [-0.1, -0.05) is 18.7 Å². The van der Waals surface area contributed by atoms with Gasteiger partial charge >= 0.3 is 0 Å². The summed E-state index contributed by atoms with van der Waals surface area (Å²) in [4.78, 5) is 29.0. The Bertz CT molecular complexity index is 906. The molecule has 9 unspecified atom stereocenters. The summed E-state index contributed by atoms with van der Waals surface area (Å²) in [6, 6.07) is 0. The van der Waals surface area contributed by atoms with Gasteiger partial charge in [0.15, 0.2) is 0 Å². The average molecular weight is 543 g/mol. The van der Waals surface area contributed by atoms with Gasteiger partial charge in [-0.2, -0.15) is 0 Å². The minimum absolute atomic E-state index is 0.0352. The zero-order valence-electron chi connectivity index (χ0n) is 21.4. The van der Waals surface area contributed by atoms with Crippen molar-refractivity contribution >= 4 is 23.6 Å². The Morgan fingerprint density at radius 3 is 2.59 bits per heavy atom. The number of carbonyl (C=O) groups excluding carboxylic acids is 2. The third-order valence-electron chi connectivity index (χ3n) is 7.47. The number of nitrogens with one attached hydrogen (secondary N) is 2. The van der Waals surface area contributed by atoms with Crippen LogP contribution in [0, 0.1) is 11.8 Å². The second-order valence-electron chi connectivity index (χ2n) is 10.0. The first-order chi connectivity index (χ1) is 17.7.